The summed E-state index contributed by atoms with van der Waals surface area (Å²) in [5, 5.41) is 4.60. The molecule has 4 rings (SSSR count). The van der Waals surface area contributed by atoms with E-state index in [1.165, 1.54) is 40.8 Å². The summed E-state index contributed by atoms with van der Waals surface area (Å²) >= 11 is 0. The Morgan fingerprint density at radius 2 is 1.96 bits per heavy atom. The molecule has 0 aliphatic carbocycles. The molecule has 0 bridgehead atoms. The lowest BCUT2D eigenvalue weighted by Gasteiger charge is -2.33. The van der Waals surface area contributed by atoms with Gasteiger partial charge in [0, 0.05) is 49.1 Å². The number of nitrogens with zero attached hydrogens (tertiary/aromatic N) is 5. The van der Waals surface area contributed by atoms with E-state index >= 15 is 0 Å². The molecule has 3 heterocycles. The first kappa shape index (κ1) is 18.8. The van der Waals surface area contributed by atoms with Gasteiger partial charge in [-0.1, -0.05) is 29.8 Å². The summed E-state index contributed by atoms with van der Waals surface area (Å²) in [5.41, 5.74) is 7.32. The smallest absolute Gasteiger partial charge is 0.115 e. The molecule has 1 saturated heterocycles. The maximum atomic E-state index is 4.72. The minimum atomic E-state index is 0.439. The normalized spacial score (nSPS) is 17.8. The molecule has 0 spiro atoms. The third-order valence-electron chi connectivity index (χ3n) is 5.76. The highest BCUT2D eigenvalue weighted by atomic mass is 15.3. The first-order valence-electron chi connectivity index (χ1n) is 10.3. The van der Waals surface area contributed by atoms with Crippen molar-refractivity contribution in [3.05, 3.63) is 65.5 Å². The van der Waals surface area contributed by atoms with Crippen molar-refractivity contribution in [3.63, 3.8) is 0 Å². The highest BCUT2D eigenvalue weighted by molar-refractivity contribution is 5.65. The van der Waals surface area contributed by atoms with Crippen molar-refractivity contribution >= 4 is 0 Å². The topological polar surface area (TPSA) is 46.8 Å². The predicted octanol–water partition coefficient (Wildman–Crippen LogP) is 4.36. The van der Waals surface area contributed by atoms with Crippen LogP contribution >= 0.6 is 0 Å². The fraction of sp³-hybridized carbons (Fsp3) is 0.435. The van der Waals surface area contributed by atoms with Crippen LogP contribution in [0.1, 0.15) is 48.2 Å². The van der Waals surface area contributed by atoms with Gasteiger partial charge in [0.15, 0.2) is 0 Å². The van der Waals surface area contributed by atoms with E-state index in [1.807, 2.05) is 10.9 Å². The molecule has 0 saturated carbocycles. The number of piperidine rings is 1. The van der Waals surface area contributed by atoms with Gasteiger partial charge in [0.05, 0.1) is 11.4 Å². The minimum absolute atomic E-state index is 0.439. The van der Waals surface area contributed by atoms with Gasteiger partial charge in [-0.25, -0.2) is 9.97 Å². The van der Waals surface area contributed by atoms with E-state index in [0.717, 1.165) is 31.9 Å². The number of hydrogen-bond donors (Lipinski definition) is 0. The minimum Gasteiger partial charge on any atom is -0.298 e. The van der Waals surface area contributed by atoms with Crippen molar-refractivity contribution in [2.45, 2.75) is 52.6 Å². The number of hydrogen-bond acceptors (Lipinski definition) is 4. The van der Waals surface area contributed by atoms with Crippen LogP contribution in [0.3, 0.4) is 0 Å². The Balaban J connectivity index is 1.55. The van der Waals surface area contributed by atoms with E-state index in [-0.39, 0.29) is 0 Å². The molecule has 5 nitrogen and oxygen atoms in total. The number of benzene rings is 1. The molecular weight excluding hydrogens is 346 g/mol. The maximum Gasteiger partial charge on any atom is 0.115 e. The van der Waals surface area contributed by atoms with Crippen LogP contribution in [0.5, 0.6) is 0 Å². The largest absolute Gasteiger partial charge is 0.298 e. The molecule has 1 aliphatic heterocycles. The quantitative estimate of drug-likeness (QED) is 0.665. The van der Waals surface area contributed by atoms with E-state index in [0.29, 0.717) is 5.92 Å². The van der Waals surface area contributed by atoms with Gasteiger partial charge < -0.3 is 0 Å². The third-order valence-corrected chi connectivity index (χ3v) is 5.76. The van der Waals surface area contributed by atoms with Crippen LogP contribution in [0, 0.1) is 13.8 Å². The van der Waals surface area contributed by atoms with E-state index in [4.69, 9.17) is 4.98 Å². The second kappa shape index (κ2) is 8.23. The molecule has 28 heavy (non-hydrogen) atoms. The fourth-order valence-electron chi connectivity index (χ4n) is 4.16. The SMILES string of the molecule is CCn1cc(CN2CCCC(c3ncncc3-c3ccc(C)cc3)C2)c(C)n1. The van der Waals surface area contributed by atoms with E-state index in [9.17, 15) is 0 Å². The van der Waals surface area contributed by atoms with Crippen molar-refractivity contribution < 1.29 is 0 Å². The molecule has 0 N–H and O–H groups in total. The molecule has 1 aromatic carbocycles. The molecular formula is C23H29N5. The first-order valence-corrected chi connectivity index (χ1v) is 10.3. The number of aryl methyl sites for hydroxylation is 3. The summed E-state index contributed by atoms with van der Waals surface area (Å²) in [6, 6.07) is 8.68. The second-order valence-corrected chi connectivity index (χ2v) is 7.86. The van der Waals surface area contributed by atoms with Gasteiger partial charge in [-0.05, 0) is 45.7 Å². The van der Waals surface area contributed by atoms with Crippen molar-refractivity contribution in [3.8, 4) is 11.1 Å². The van der Waals surface area contributed by atoms with E-state index in [2.05, 4.69) is 66.2 Å². The Kier molecular flexibility index (Phi) is 5.53. The monoisotopic (exact) mass is 375 g/mol. The zero-order chi connectivity index (χ0) is 19.5. The average molecular weight is 376 g/mol. The number of likely N-dealkylation sites (tertiary alicyclic amines) is 1. The molecule has 1 fully saturated rings. The third kappa shape index (κ3) is 3.99. The van der Waals surface area contributed by atoms with Crippen LogP contribution in [0.2, 0.25) is 0 Å². The van der Waals surface area contributed by atoms with Crippen molar-refractivity contribution in [1.82, 2.24) is 24.6 Å². The molecule has 5 heteroatoms. The van der Waals surface area contributed by atoms with Gasteiger partial charge in [-0.3, -0.25) is 9.58 Å². The van der Waals surface area contributed by atoms with Crippen LogP contribution in [-0.4, -0.2) is 37.7 Å². The molecule has 1 unspecified atom stereocenters. The summed E-state index contributed by atoms with van der Waals surface area (Å²) in [7, 11) is 0. The molecule has 146 valence electrons. The van der Waals surface area contributed by atoms with Gasteiger partial charge in [0.1, 0.15) is 6.33 Å². The Morgan fingerprint density at radius 1 is 1.14 bits per heavy atom. The fourth-order valence-corrected chi connectivity index (χ4v) is 4.16. The standard InChI is InChI=1S/C23H29N5/c1-4-28-15-21(18(3)26-28)14-27-11-5-6-20(13-27)23-22(12-24-16-25-23)19-9-7-17(2)8-10-19/h7-10,12,15-16,20H,4-6,11,13-14H2,1-3H3. The lowest BCUT2D eigenvalue weighted by atomic mass is 9.89. The van der Waals surface area contributed by atoms with Crippen LogP contribution in [0.15, 0.2) is 43.0 Å². The predicted molar refractivity (Wildman–Crippen MR) is 112 cm³/mol. The van der Waals surface area contributed by atoms with E-state index < -0.39 is 0 Å². The summed E-state index contributed by atoms with van der Waals surface area (Å²) in [5.74, 6) is 0.439. The molecule has 1 atom stereocenters. The lowest BCUT2D eigenvalue weighted by molar-refractivity contribution is 0.198. The molecule has 3 aromatic rings. The molecule has 2 aromatic heterocycles. The van der Waals surface area contributed by atoms with Crippen molar-refractivity contribution in [1.29, 1.82) is 0 Å². The van der Waals surface area contributed by atoms with Gasteiger partial charge >= 0.3 is 0 Å². The van der Waals surface area contributed by atoms with Gasteiger partial charge in [0.25, 0.3) is 0 Å². The molecule has 0 amide bonds. The summed E-state index contributed by atoms with van der Waals surface area (Å²) < 4.78 is 2.03. The first-order chi connectivity index (χ1) is 13.6. The second-order valence-electron chi connectivity index (χ2n) is 7.86. The molecule has 1 aliphatic rings. The zero-order valence-electron chi connectivity index (χ0n) is 17.1. The lowest BCUT2D eigenvalue weighted by Crippen LogP contribution is -2.34. The summed E-state index contributed by atoms with van der Waals surface area (Å²) in [6.07, 6.45) is 8.24. The highest BCUT2D eigenvalue weighted by Crippen LogP contribution is 2.33. The van der Waals surface area contributed by atoms with Crippen LogP contribution in [0.25, 0.3) is 11.1 Å². The Labute approximate surface area is 167 Å². The van der Waals surface area contributed by atoms with E-state index in [1.54, 1.807) is 6.33 Å². The average Bonchev–Trinajstić information content (AvgIpc) is 3.08. The Bertz CT molecular complexity index is 928. The Hall–Kier alpha value is -2.53. The number of aromatic nitrogens is 4. The van der Waals surface area contributed by atoms with Crippen molar-refractivity contribution in [2.24, 2.45) is 0 Å². The van der Waals surface area contributed by atoms with Crippen LogP contribution in [0.4, 0.5) is 0 Å². The highest BCUT2D eigenvalue weighted by Gasteiger charge is 2.25. The van der Waals surface area contributed by atoms with Gasteiger partial charge in [0.2, 0.25) is 0 Å². The zero-order valence-corrected chi connectivity index (χ0v) is 17.1. The van der Waals surface area contributed by atoms with Gasteiger partial charge in [-0.2, -0.15) is 5.10 Å². The molecule has 0 radical (unpaired) electrons. The van der Waals surface area contributed by atoms with Crippen LogP contribution < -0.4 is 0 Å². The van der Waals surface area contributed by atoms with Gasteiger partial charge in [-0.15, -0.1) is 0 Å². The summed E-state index contributed by atoms with van der Waals surface area (Å²) in [6.45, 7) is 10.4. The van der Waals surface area contributed by atoms with Crippen LogP contribution in [-0.2, 0) is 13.1 Å². The summed E-state index contributed by atoms with van der Waals surface area (Å²) in [4.78, 5) is 11.6. The number of rotatable bonds is 5. The maximum absolute atomic E-state index is 4.72. The van der Waals surface area contributed by atoms with Crippen molar-refractivity contribution in [2.75, 3.05) is 13.1 Å². The Morgan fingerprint density at radius 3 is 2.71 bits per heavy atom.